The summed E-state index contributed by atoms with van der Waals surface area (Å²) < 4.78 is 0. The van der Waals surface area contributed by atoms with Crippen LogP contribution in [-0.2, 0) is 0 Å². The summed E-state index contributed by atoms with van der Waals surface area (Å²) in [6.45, 7) is 4.14. The number of nitrogens with zero attached hydrogens (tertiary/aromatic N) is 1. The number of carboxylic acid groups (broad SMARTS) is 1. The Morgan fingerprint density at radius 1 is 1.10 bits per heavy atom. The summed E-state index contributed by atoms with van der Waals surface area (Å²) in [6.07, 6.45) is 0. The van der Waals surface area contributed by atoms with Crippen molar-refractivity contribution in [1.29, 1.82) is 0 Å². The number of carbonyl (C=O) groups excluding carboxylic acids is 1. The van der Waals surface area contributed by atoms with E-state index in [4.69, 9.17) is 5.11 Å². The zero-order chi connectivity index (χ0) is 15.4. The fourth-order valence-electron chi connectivity index (χ4n) is 1.85. The molecule has 1 aromatic carbocycles. The highest BCUT2D eigenvalue weighted by molar-refractivity contribution is 6.03. The Morgan fingerprint density at radius 3 is 2.43 bits per heavy atom. The van der Waals surface area contributed by atoms with Gasteiger partial charge in [-0.3, -0.25) is 4.79 Å². The average molecular weight is 284 g/mol. The number of carbonyl (C=O) groups is 2. The van der Waals surface area contributed by atoms with Crippen LogP contribution >= 0.6 is 0 Å². The summed E-state index contributed by atoms with van der Waals surface area (Å²) in [5.74, 6) is -1.24. The largest absolute Gasteiger partial charge is 0.477 e. The summed E-state index contributed by atoms with van der Waals surface area (Å²) >= 11 is 0. The number of carboxylic acids is 1. The monoisotopic (exact) mass is 284 g/mol. The van der Waals surface area contributed by atoms with E-state index in [9.17, 15) is 9.59 Å². The fraction of sp³-hybridized carbons (Fsp3) is 0.188. The molecule has 1 heterocycles. The summed E-state index contributed by atoms with van der Waals surface area (Å²) in [4.78, 5) is 26.8. The molecule has 5 nitrogen and oxygen atoms in total. The maximum absolute atomic E-state index is 12.1. The highest BCUT2D eigenvalue weighted by Crippen LogP contribution is 2.18. The van der Waals surface area contributed by atoms with Crippen LogP contribution in [0.4, 0.5) is 5.69 Å². The van der Waals surface area contributed by atoms with Crippen molar-refractivity contribution in [1.82, 2.24) is 4.98 Å². The van der Waals surface area contributed by atoms with E-state index in [0.717, 1.165) is 5.56 Å². The predicted octanol–water partition coefficient (Wildman–Crippen LogP) is 3.16. The van der Waals surface area contributed by atoms with Crippen LogP contribution in [0.5, 0.6) is 0 Å². The molecule has 0 aliphatic carbocycles. The number of hydrogen-bond donors (Lipinski definition) is 2. The van der Waals surface area contributed by atoms with Crippen LogP contribution < -0.4 is 5.32 Å². The topological polar surface area (TPSA) is 79.3 Å². The van der Waals surface area contributed by atoms with Crippen LogP contribution in [-0.4, -0.2) is 22.0 Å². The second-order valence-corrected chi connectivity index (χ2v) is 4.95. The second-order valence-electron chi connectivity index (χ2n) is 4.95. The van der Waals surface area contributed by atoms with Gasteiger partial charge in [-0.2, -0.15) is 0 Å². The van der Waals surface area contributed by atoms with Crippen LogP contribution in [0.2, 0.25) is 0 Å². The Bertz CT molecular complexity index is 681. The minimum atomic E-state index is -1.16. The summed E-state index contributed by atoms with van der Waals surface area (Å²) in [7, 11) is 0. The maximum Gasteiger partial charge on any atom is 0.354 e. The van der Waals surface area contributed by atoms with Gasteiger partial charge in [-0.05, 0) is 35.7 Å². The van der Waals surface area contributed by atoms with E-state index in [-0.39, 0.29) is 11.4 Å². The lowest BCUT2D eigenvalue weighted by Crippen LogP contribution is -2.15. The molecule has 0 atom stereocenters. The lowest BCUT2D eigenvalue weighted by Gasteiger charge is -2.09. The molecule has 1 aromatic heterocycles. The minimum Gasteiger partial charge on any atom is -0.477 e. The van der Waals surface area contributed by atoms with Gasteiger partial charge in [0.05, 0.1) is 0 Å². The van der Waals surface area contributed by atoms with E-state index in [0.29, 0.717) is 11.6 Å². The molecule has 2 rings (SSSR count). The summed E-state index contributed by atoms with van der Waals surface area (Å²) in [5.41, 5.74) is 1.69. The average Bonchev–Trinajstić information content (AvgIpc) is 2.47. The molecule has 0 saturated heterocycles. The Balaban J connectivity index is 2.20. The van der Waals surface area contributed by atoms with Crippen LogP contribution in [0, 0.1) is 0 Å². The number of rotatable bonds is 4. The van der Waals surface area contributed by atoms with E-state index >= 15 is 0 Å². The fourth-order valence-corrected chi connectivity index (χ4v) is 1.85. The molecule has 0 aliphatic heterocycles. The molecule has 108 valence electrons. The lowest BCUT2D eigenvalue weighted by molar-refractivity contribution is 0.0690. The first-order valence-corrected chi connectivity index (χ1v) is 6.59. The number of aromatic carboxylic acids is 1. The van der Waals surface area contributed by atoms with E-state index in [1.54, 1.807) is 6.07 Å². The number of aromatic nitrogens is 1. The number of hydrogen-bond acceptors (Lipinski definition) is 3. The van der Waals surface area contributed by atoms with Crippen molar-refractivity contribution < 1.29 is 14.7 Å². The van der Waals surface area contributed by atoms with Crippen molar-refractivity contribution >= 4 is 17.6 Å². The van der Waals surface area contributed by atoms with Gasteiger partial charge in [0, 0.05) is 5.69 Å². The SMILES string of the molecule is CC(C)c1cccc(NC(=O)c2cccc(C(=O)O)n2)c1. The Labute approximate surface area is 122 Å². The van der Waals surface area contributed by atoms with Crippen molar-refractivity contribution in [3.8, 4) is 0 Å². The zero-order valence-electron chi connectivity index (χ0n) is 11.8. The Morgan fingerprint density at radius 2 is 1.76 bits per heavy atom. The molecule has 0 fully saturated rings. The second kappa shape index (κ2) is 6.17. The normalized spacial score (nSPS) is 10.4. The smallest absolute Gasteiger partial charge is 0.354 e. The quantitative estimate of drug-likeness (QED) is 0.903. The van der Waals surface area contributed by atoms with Crippen LogP contribution in [0.1, 0.15) is 46.3 Å². The molecular formula is C16H16N2O3. The van der Waals surface area contributed by atoms with Gasteiger partial charge < -0.3 is 10.4 Å². The van der Waals surface area contributed by atoms with Gasteiger partial charge >= 0.3 is 5.97 Å². The van der Waals surface area contributed by atoms with Crippen molar-refractivity contribution in [3.05, 3.63) is 59.4 Å². The molecule has 0 unspecified atom stereocenters. The number of pyridine rings is 1. The number of benzene rings is 1. The van der Waals surface area contributed by atoms with Crippen molar-refractivity contribution in [2.75, 3.05) is 5.32 Å². The summed E-state index contributed by atoms with van der Waals surface area (Å²) in [6, 6.07) is 11.9. The van der Waals surface area contributed by atoms with Gasteiger partial charge in [0.25, 0.3) is 5.91 Å². The first-order chi connectivity index (χ1) is 9.97. The molecule has 21 heavy (non-hydrogen) atoms. The van der Waals surface area contributed by atoms with Crippen molar-refractivity contribution in [2.45, 2.75) is 19.8 Å². The molecule has 0 aliphatic rings. The molecular weight excluding hydrogens is 268 g/mol. The van der Waals surface area contributed by atoms with Gasteiger partial charge in [-0.25, -0.2) is 9.78 Å². The predicted molar refractivity (Wildman–Crippen MR) is 79.7 cm³/mol. The molecule has 1 amide bonds. The highest BCUT2D eigenvalue weighted by atomic mass is 16.4. The lowest BCUT2D eigenvalue weighted by atomic mass is 10.0. The van der Waals surface area contributed by atoms with E-state index in [2.05, 4.69) is 24.1 Å². The zero-order valence-corrected chi connectivity index (χ0v) is 11.8. The standard InChI is InChI=1S/C16H16N2O3/c1-10(2)11-5-3-6-12(9-11)17-15(19)13-7-4-8-14(18-13)16(20)21/h3-10H,1-2H3,(H,17,19)(H,20,21). The molecule has 0 spiro atoms. The Hall–Kier alpha value is -2.69. The maximum atomic E-state index is 12.1. The van der Waals surface area contributed by atoms with E-state index in [1.807, 2.05) is 18.2 Å². The Kier molecular flexibility index (Phi) is 4.33. The van der Waals surface area contributed by atoms with Gasteiger partial charge in [-0.15, -0.1) is 0 Å². The third-order valence-corrected chi connectivity index (χ3v) is 3.01. The van der Waals surface area contributed by atoms with Gasteiger partial charge in [0.15, 0.2) is 0 Å². The molecule has 2 N–H and O–H groups in total. The number of anilines is 1. The third kappa shape index (κ3) is 3.66. The van der Waals surface area contributed by atoms with Crippen LogP contribution in [0.15, 0.2) is 42.5 Å². The highest BCUT2D eigenvalue weighted by Gasteiger charge is 2.12. The molecule has 0 saturated carbocycles. The van der Waals surface area contributed by atoms with E-state index in [1.165, 1.54) is 18.2 Å². The van der Waals surface area contributed by atoms with Crippen molar-refractivity contribution in [2.24, 2.45) is 0 Å². The first-order valence-electron chi connectivity index (χ1n) is 6.59. The summed E-state index contributed by atoms with van der Waals surface area (Å²) in [5, 5.41) is 11.6. The molecule has 0 radical (unpaired) electrons. The molecule has 2 aromatic rings. The molecule has 5 heteroatoms. The van der Waals surface area contributed by atoms with Crippen LogP contribution in [0.3, 0.4) is 0 Å². The molecule has 0 bridgehead atoms. The number of nitrogens with one attached hydrogen (secondary N) is 1. The third-order valence-electron chi connectivity index (χ3n) is 3.01. The van der Waals surface area contributed by atoms with E-state index < -0.39 is 11.9 Å². The number of amides is 1. The van der Waals surface area contributed by atoms with Gasteiger partial charge in [-0.1, -0.05) is 32.0 Å². The van der Waals surface area contributed by atoms with Gasteiger partial charge in [0.2, 0.25) is 0 Å². The van der Waals surface area contributed by atoms with Gasteiger partial charge in [0.1, 0.15) is 11.4 Å². The van der Waals surface area contributed by atoms with Crippen LogP contribution in [0.25, 0.3) is 0 Å². The first kappa shape index (κ1) is 14.7. The van der Waals surface area contributed by atoms with Crippen molar-refractivity contribution in [3.63, 3.8) is 0 Å². The minimum absolute atomic E-state index is 0.0739.